The number of aryl methyl sites for hydroxylation is 1. The van der Waals surface area contributed by atoms with Gasteiger partial charge >= 0.3 is 0 Å². The van der Waals surface area contributed by atoms with Crippen LogP contribution in [0.5, 0.6) is 0 Å². The first-order valence-electron chi connectivity index (χ1n) is 4.18. The van der Waals surface area contributed by atoms with Crippen molar-refractivity contribution in [1.82, 2.24) is 9.97 Å². The predicted octanol–water partition coefficient (Wildman–Crippen LogP) is 3.09. The molecule has 1 N–H and O–H groups in total. The summed E-state index contributed by atoms with van der Waals surface area (Å²) >= 11 is 1.75. The van der Waals surface area contributed by atoms with E-state index in [-0.39, 0.29) is 0 Å². The first-order valence-corrected chi connectivity index (χ1v) is 4.99. The molecule has 3 rings (SSSR count). The van der Waals surface area contributed by atoms with E-state index in [1.54, 1.807) is 11.3 Å². The fraction of sp³-hybridized carbons (Fsp3) is 0.100. The zero-order chi connectivity index (χ0) is 8.84. The molecule has 64 valence electrons. The first kappa shape index (κ1) is 7.09. The van der Waals surface area contributed by atoms with Gasteiger partial charge in [-0.25, -0.2) is 4.98 Å². The second kappa shape index (κ2) is 2.33. The molecule has 2 nitrogen and oxygen atoms in total. The molecule has 0 bridgehead atoms. The van der Waals surface area contributed by atoms with E-state index in [1.165, 1.54) is 10.1 Å². The van der Waals surface area contributed by atoms with Gasteiger partial charge in [-0.05, 0) is 25.1 Å². The van der Waals surface area contributed by atoms with Crippen molar-refractivity contribution in [2.75, 3.05) is 0 Å². The van der Waals surface area contributed by atoms with Crippen LogP contribution in [0, 0.1) is 6.92 Å². The molecule has 0 amide bonds. The Labute approximate surface area is 79.2 Å². The SMILES string of the molecule is Cc1nc2c(ccc3[nH]ccc32)s1. The highest BCUT2D eigenvalue weighted by atomic mass is 32.1. The lowest BCUT2D eigenvalue weighted by atomic mass is 10.2. The van der Waals surface area contributed by atoms with Crippen LogP contribution in [0.1, 0.15) is 5.01 Å². The van der Waals surface area contributed by atoms with Gasteiger partial charge in [0.1, 0.15) is 0 Å². The van der Waals surface area contributed by atoms with Crippen LogP contribution in [0.25, 0.3) is 21.1 Å². The second-order valence-corrected chi connectivity index (χ2v) is 4.32. The zero-order valence-corrected chi connectivity index (χ0v) is 7.98. The van der Waals surface area contributed by atoms with Crippen LogP contribution >= 0.6 is 11.3 Å². The molecule has 0 aliphatic carbocycles. The van der Waals surface area contributed by atoms with E-state index in [2.05, 4.69) is 28.2 Å². The van der Waals surface area contributed by atoms with E-state index in [0.717, 1.165) is 16.0 Å². The van der Waals surface area contributed by atoms with Crippen molar-refractivity contribution in [2.24, 2.45) is 0 Å². The van der Waals surface area contributed by atoms with E-state index in [1.807, 2.05) is 13.1 Å². The van der Waals surface area contributed by atoms with Gasteiger partial charge in [0.15, 0.2) is 0 Å². The van der Waals surface area contributed by atoms with Crippen LogP contribution in [-0.4, -0.2) is 9.97 Å². The second-order valence-electron chi connectivity index (χ2n) is 3.08. The van der Waals surface area contributed by atoms with Crippen LogP contribution in [0.3, 0.4) is 0 Å². The molecular formula is C10H8N2S. The lowest BCUT2D eigenvalue weighted by molar-refractivity contribution is 1.35. The number of hydrogen-bond donors (Lipinski definition) is 1. The normalized spacial score (nSPS) is 11.5. The number of fused-ring (bicyclic) bond motifs is 3. The molecule has 0 fully saturated rings. The van der Waals surface area contributed by atoms with E-state index in [4.69, 9.17) is 0 Å². The van der Waals surface area contributed by atoms with Gasteiger partial charge in [0.2, 0.25) is 0 Å². The number of thiazole rings is 1. The number of nitrogens with zero attached hydrogens (tertiary/aromatic N) is 1. The van der Waals surface area contributed by atoms with Gasteiger partial charge in [0.05, 0.1) is 15.2 Å². The largest absolute Gasteiger partial charge is 0.361 e. The standard InChI is InChI=1S/C10H8N2S/c1-6-12-10-7-4-5-11-8(7)2-3-9(10)13-6/h2-5,11H,1H3. The summed E-state index contributed by atoms with van der Waals surface area (Å²) in [6.45, 7) is 2.04. The van der Waals surface area contributed by atoms with Crippen molar-refractivity contribution in [3.63, 3.8) is 0 Å². The topological polar surface area (TPSA) is 28.7 Å². The Morgan fingerprint density at radius 1 is 1.31 bits per heavy atom. The maximum Gasteiger partial charge on any atom is 0.0909 e. The van der Waals surface area contributed by atoms with Crippen LogP contribution in [0.15, 0.2) is 24.4 Å². The van der Waals surface area contributed by atoms with Crippen LogP contribution < -0.4 is 0 Å². The number of aromatic nitrogens is 2. The Kier molecular flexibility index (Phi) is 1.27. The highest BCUT2D eigenvalue weighted by Crippen LogP contribution is 2.28. The Morgan fingerprint density at radius 3 is 3.15 bits per heavy atom. The monoisotopic (exact) mass is 188 g/mol. The van der Waals surface area contributed by atoms with Gasteiger partial charge in [-0.2, -0.15) is 0 Å². The van der Waals surface area contributed by atoms with Crippen LogP contribution in [0.4, 0.5) is 0 Å². The highest BCUT2D eigenvalue weighted by Gasteiger charge is 2.04. The summed E-state index contributed by atoms with van der Waals surface area (Å²) in [7, 11) is 0. The number of hydrogen-bond acceptors (Lipinski definition) is 2. The average molecular weight is 188 g/mol. The smallest absolute Gasteiger partial charge is 0.0909 e. The Hall–Kier alpha value is -1.35. The van der Waals surface area contributed by atoms with Gasteiger partial charge in [0, 0.05) is 17.1 Å². The molecule has 3 heteroatoms. The minimum atomic E-state index is 1.13. The molecule has 1 aromatic carbocycles. The Bertz CT molecular complexity index is 577. The maximum absolute atomic E-state index is 4.51. The number of rotatable bonds is 0. The molecule has 0 saturated heterocycles. The van der Waals surface area contributed by atoms with Gasteiger partial charge in [-0.1, -0.05) is 0 Å². The van der Waals surface area contributed by atoms with E-state index < -0.39 is 0 Å². The first-order chi connectivity index (χ1) is 6.34. The fourth-order valence-electron chi connectivity index (χ4n) is 1.63. The fourth-order valence-corrected chi connectivity index (χ4v) is 2.48. The number of nitrogens with one attached hydrogen (secondary N) is 1. The van der Waals surface area contributed by atoms with Crippen molar-refractivity contribution in [3.05, 3.63) is 29.4 Å². The van der Waals surface area contributed by atoms with E-state index in [0.29, 0.717) is 0 Å². The summed E-state index contributed by atoms with van der Waals surface area (Å²) in [4.78, 5) is 7.70. The van der Waals surface area contributed by atoms with Gasteiger partial charge in [-0.3, -0.25) is 0 Å². The van der Waals surface area contributed by atoms with Crippen LogP contribution in [0.2, 0.25) is 0 Å². The summed E-state index contributed by atoms with van der Waals surface area (Å²) in [6, 6.07) is 6.31. The maximum atomic E-state index is 4.51. The summed E-state index contributed by atoms with van der Waals surface area (Å²) in [5, 5.41) is 2.35. The van der Waals surface area contributed by atoms with Crippen LogP contribution in [-0.2, 0) is 0 Å². The number of aromatic amines is 1. The van der Waals surface area contributed by atoms with Crippen molar-refractivity contribution in [2.45, 2.75) is 6.92 Å². The van der Waals surface area contributed by atoms with Crippen molar-refractivity contribution in [3.8, 4) is 0 Å². The number of H-pyrrole nitrogens is 1. The summed E-state index contributed by atoms with van der Waals surface area (Å²) in [6.07, 6.45) is 1.96. The number of benzene rings is 1. The molecule has 0 aliphatic heterocycles. The third kappa shape index (κ3) is 0.906. The van der Waals surface area contributed by atoms with Gasteiger partial charge in [-0.15, -0.1) is 11.3 Å². The minimum absolute atomic E-state index is 1.13. The summed E-state index contributed by atoms with van der Waals surface area (Å²) in [5.41, 5.74) is 2.29. The van der Waals surface area contributed by atoms with Gasteiger partial charge in [0.25, 0.3) is 0 Å². The average Bonchev–Trinajstić information content (AvgIpc) is 2.65. The highest BCUT2D eigenvalue weighted by molar-refractivity contribution is 7.18. The zero-order valence-electron chi connectivity index (χ0n) is 7.16. The Balaban J connectivity index is 2.64. The van der Waals surface area contributed by atoms with E-state index in [9.17, 15) is 0 Å². The molecule has 0 radical (unpaired) electrons. The molecular weight excluding hydrogens is 180 g/mol. The lowest BCUT2D eigenvalue weighted by Crippen LogP contribution is -1.71. The molecule has 2 aromatic heterocycles. The molecule has 13 heavy (non-hydrogen) atoms. The van der Waals surface area contributed by atoms with Crippen molar-refractivity contribution in [1.29, 1.82) is 0 Å². The van der Waals surface area contributed by atoms with Gasteiger partial charge < -0.3 is 4.98 Å². The minimum Gasteiger partial charge on any atom is -0.361 e. The Morgan fingerprint density at radius 2 is 2.23 bits per heavy atom. The summed E-state index contributed by atoms with van der Waals surface area (Å²) < 4.78 is 1.27. The third-order valence-electron chi connectivity index (χ3n) is 2.20. The summed E-state index contributed by atoms with van der Waals surface area (Å²) in [5.74, 6) is 0. The van der Waals surface area contributed by atoms with E-state index >= 15 is 0 Å². The predicted molar refractivity (Wildman–Crippen MR) is 56.2 cm³/mol. The van der Waals surface area contributed by atoms with Crippen molar-refractivity contribution < 1.29 is 0 Å². The molecule has 2 heterocycles. The molecule has 0 atom stereocenters. The lowest BCUT2D eigenvalue weighted by Gasteiger charge is -1.89. The third-order valence-corrected chi connectivity index (χ3v) is 3.13. The molecule has 0 aliphatic rings. The quantitative estimate of drug-likeness (QED) is 0.577. The van der Waals surface area contributed by atoms with Crippen molar-refractivity contribution >= 4 is 32.5 Å². The molecule has 0 spiro atoms. The molecule has 0 saturated carbocycles. The molecule has 0 unspecified atom stereocenters. The molecule has 3 aromatic rings.